The first-order chi connectivity index (χ1) is 9.16. The molecule has 1 amide bonds. The van der Waals surface area contributed by atoms with Crippen molar-refractivity contribution in [1.82, 2.24) is 4.90 Å². The van der Waals surface area contributed by atoms with Crippen LogP contribution in [0, 0.1) is 0 Å². The Bertz CT molecular complexity index is 439. The summed E-state index contributed by atoms with van der Waals surface area (Å²) in [5, 5.41) is 0.597. The summed E-state index contributed by atoms with van der Waals surface area (Å²) in [5.74, 6) is 0.829. The normalized spacial score (nSPS) is 18.6. The zero-order chi connectivity index (χ0) is 13.7. The topological polar surface area (TPSA) is 55.6 Å². The number of carbonyl (C=O) groups excluding carboxylic acids is 1. The lowest BCUT2D eigenvalue weighted by atomic mass is 10.3. The molecule has 2 N–H and O–H groups in total. The Labute approximate surface area is 118 Å². The largest absolute Gasteiger partial charge is 0.492 e. The predicted molar refractivity (Wildman–Crippen MR) is 75.4 cm³/mol. The lowest BCUT2D eigenvalue weighted by molar-refractivity contribution is -0.130. The molecule has 2 rings (SSSR count). The molecule has 104 valence electrons. The summed E-state index contributed by atoms with van der Waals surface area (Å²) in [6.45, 7) is 1.96. The number of carbonyl (C=O) groups is 1. The molecule has 19 heavy (non-hydrogen) atoms. The second kappa shape index (κ2) is 6.78. The van der Waals surface area contributed by atoms with Crippen LogP contribution in [0.4, 0.5) is 0 Å². The minimum Gasteiger partial charge on any atom is -0.492 e. The fourth-order valence-corrected chi connectivity index (χ4v) is 2.33. The Morgan fingerprint density at radius 2 is 2.26 bits per heavy atom. The molecule has 1 aliphatic heterocycles. The number of benzene rings is 1. The van der Waals surface area contributed by atoms with Gasteiger partial charge in [0.2, 0.25) is 5.91 Å². The van der Waals surface area contributed by atoms with Crippen LogP contribution < -0.4 is 10.5 Å². The quantitative estimate of drug-likeness (QED) is 0.841. The number of likely N-dealkylation sites (tertiary alicyclic amines) is 1. The molecule has 1 atom stereocenters. The summed E-state index contributed by atoms with van der Waals surface area (Å²) in [7, 11) is 0. The molecule has 0 saturated carbocycles. The van der Waals surface area contributed by atoms with E-state index in [1.807, 2.05) is 23.1 Å². The molecule has 4 nitrogen and oxygen atoms in total. The van der Waals surface area contributed by atoms with E-state index in [1.54, 1.807) is 6.07 Å². The summed E-state index contributed by atoms with van der Waals surface area (Å²) in [6.07, 6.45) is 2.09. The van der Waals surface area contributed by atoms with Gasteiger partial charge in [0.15, 0.2) is 0 Å². The summed E-state index contributed by atoms with van der Waals surface area (Å²) in [5.41, 5.74) is 5.78. The average molecular weight is 283 g/mol. The molecule has 1 aromatic rings. The highest BCUT2D eigenvalue weighted by atomic mass is 35.5. The Morgan fingerprint density at radius 1 is 1.47 bits per heavy atom. The zero-order valence-corrected chi connectivity index (χ0v) is 11.6. The van der Waals surface area contributed by atoms with Crippen LogP contribution in [0.15, 0.2) is 24.3 Å². The van der Waals surface area contributed by atoms with Gasteiger partial charge in [0, 0.05) is 25.6 Å². The lowest BCUT2D eigenvalue weighted by Gasteiger charge is -2.15. The number of rotatable bonds is 5. The molecule has 0 radical (unpaired) electrons. The third kappa shape index (κ3) is 4.11. The second-order valence-corrected chi connectivity index (χ2v) is 5.18. The number of ether oxygens (including phenoxy) is 1. The van der Waals surface area contributed by atoms with Crippen molar-refractivity contribution in [2.75, 3.05) is 19.7 Å². The van der Waals surface area contributed by atoms with Crippen molar-refractivity contribution in [2.24, 2.45) is 5.73 Å². The molecule has 0 aromatic heterocycles. The smallest absolute Gasteiger partial charge is 0.222 e. The van der Waals surface area contributed by atoms with Gasteiger partial charge in [-0.2, -0.15) is 0 Å². The summed E-state index contributed by atoms with van der Waals surface area (Å²) < 4.78 is 5.54. The van der Waals surface area contributed by atoms with Crippen molar-refractivity contribution in [1.29, 1.82) is 0 Å². The first-order valence-electron chi connectivity index (χ1n) is 6.57. The monoisotopic (exact) mass is 282 g/mol. The van der Waals surface area contributed by atoms with Gasteiger partial charge in [-0.05, 0) is 25.0 Å². The number of halogens is 1. The molecule has 0 aliphatic carbocycles. The van der Waals surface area contributed by atoms with Crippen LogP contribution in [0.25, 0.3) is 0 Å². The molecule has 1 fully saturated rings. The Morgan fingerprint density at radius 3 is 2.95 bits per heavy atom. The summed E-state index contributed by atoms with van der Waals surface area (Å²) >= 11 is 5.97. The van der Waals surface area contributed by atoms with Crippen molar-refractivity contribution >= 4 is 17.5 Å². The van der Waals surface area contributed by atoms with Crippen molar-refractivity contribution in [3.8, 4) is 5.75 Å². The molecule has 1 aliphatic rings. The van der Waals surface area contributed by atoms with Crippen LogP contribution in [0.5, 0.6) is 5.75 Å². The fourth-order valence-electron chi connectivity index (χ4n) is 2.14. The Kier molecular flexibility index (Phi) is 5.05. The maximum absolute atomic E-state index is 11.9. The first kappa shape index (κ1) is 14.2. The van der Waals surface area contributed by atoms with Gasteiger partial charge in [-0.15, -0.1) is 0 Å². The van der Waals surface area contributed by atoms with Gasteiger partial charge >= 0.3 is 0 Å². The van der Waals surface area contributed by atoms with Crippen LogP contribution >= 0.6 is 11.6 Å². The fraction of sp³-hybridized carbons (Fsp3) is 0.500. The van der Waals surface area contributed by atoms with Crippen LogP contribution in [-0.2, 0) is 4.79 Å². The first-order valence-corrected chi connectivity index (χ1v) is 6.95. The van der Waals surface area contributed by atoms with E-state index < -0.39 is 0 Å². The van der Waals surface area contributed by atoms with Gasteiger partial charge in [-0.25, -0.2) is 0 Å². The molecule has 0 unspecified atom stereocenters. The third-order valence-corrected chi connectivity index (χ3v) is 3.52. The van der Waals surface area contributed by atoms with Crippen LogP contribution in [0.1, 0.15) is 19.3 Å². The van der Waals surface area contributed by atoms with Crippen LogP contribution in [-0.4, -0.2) is 36.5 Å². The van der Waals surface area contributed by atoms with E-state index in [0.29, 0.717) is 36.8 Å². The standard InChI is InChI=1S/C14H19ClN2O2/c15-12-4-1-2-5-13(12)19-9-3-6-14(18)17-8-7-11(16)10-17/h1-2,4-5,11H,3,6-10,16H2/t11-/m1/s1. The van der Waals surface area contributed by atoms with Gasteiger partial charge in [-0.1, -0.05) is 23.7 Å². The van der Waals surface area contributed by atoms with E-state index >= 15 is 0 Å². The predicted octanol–water partition coefficient (Wildman–Crippen LogP) is 2.06. The summed E-state index contributed by atoms with van der Waals surface area (Å²) in [6, 6.07) is 7.48. The minimum atomic E-state index is 0.142. The van der Waals surface area contributed by atoms with E-state index in [2.05, 4.69) is 0 Å². The molecule has 5 heteroatoms. The summed E-state index contributed by atoms with van der Waals surface area (Å²) in [4.78, 5) is 13.7. The number of hydrogen-bond acceptors (Lipinski definition) is 3. The maximum atomic E-state index is 11.9. The molecule has 1 heterocycles. The Hall–Kier alpha value is -1.26. The van der Waals surface area contributed by atoms with Crippen LogP contribution in [0.2, 0.25) is 5.02 Å². The average Bonchev–Trinajstić information content (AvgIpc) is 2.83. The van der Waals surface area contributed by atoms with Gasteiger partial charge in [0.1, 0.15) is 5.75 Å². The molecule has 1 aromatic carbocycles. The van der Waals surface area contributed by atoms with E-state index in [4.69, 9.17) is 22.1 Å². The SMILES string of the molecule is N[C@@H]1CCN(C(=O)CCCOc2ccccc2Cl)C1. The Balaban J connectivity index is 1.67. The number of amides is 1. The van der Waals surface area contributed by atoms with Crippen molar-refractivity contribution < 1.29 is 9.53 Å². The van der Waals surface area contributed by atoms with Crippen molar-refractivity contribution in [3.63, 3.8) is 0 Å². The molecule has 0 spiro atoms. The number of para-hydroxylation sites is 1. The van der Waals surface area contributed by atoms with E-state index in [1.165, 1.54) is 0 Å². The van der Waals surface area contributed by atoms with Gasteiger partial charge < -0.3 is 15.4 Å². The van der Waals surface area contributed by atoms with Gasteiger partial charge in [0.05, 0.1) is 11.6 Å². The van der Waals surface area contributed by atoms with Crippen molar-refractivity contribution in [2.45, 2.75) is 25.3 Å². The van der Waals surface area contributed by atoms with Crippen molar-refractivity contribution in [3.05, 3.63) is 29.3 Å². The molecular formula is C14H19ClN2O2. The number of nitrogens with two attached hydrogens (primary N) is 1. The highest BCUT2D eigenvalue weighted by Crippen LogP contribution is 2.23. The second-order valence-electron chi connectivity index (χ2n) is 4.77. The van der Waals surface area contributed by atoms with E-state index in [0.717, 1.165) is 13.0 Å². The molecule has 0 bridgehead atoms. The van der Waals surface area contributed by atoms with E-state index in [-0.39, 0.29) is 11.9 Å². The van der Waals surface area contributed by atoms with Crippen LogP contribution in [0.3, 0.4) is 0 Å². The number of nitrogens with zero attached hydrogens (tertiary/aromatic N) is 1. The zero-order valence-electron chi connectivity index (χ0n) is 10.8. The molecular weight excluding hydrogens is 264 g/mol. The molecule has 1 saturated heterocycles. The highest BCUT2D eigenvalue weighted by molar-refractivity contribution is 6.32. The van der Waals surface area contributed by atoms with Gasteiger partial charge in [-0.3, -0.25) is 4.79 Å². The lowest BCUT2D eigenvalue weighted by Crippen LogP contribution is -2.31. The minimum absolute atomic E-state index is 0.142. The number of hydrogen-bond donors (Lipinski definition) is 1. The maximum Gasteiger partial charge on any atom is 0.222 e. The van der Waals surface area contributed by atoms with E-state index in [9.17, 15) is 4.79 Å². The van der Waals surface area contributed by atoms with Gasteiger partial charge in [0.25, 0.3) is 0 Å². The third-order valence-electron chi connectivity index (χ3n) is 3.21. The highest BCUT2D eigenvalue weighted by Gasteiger charge is 2.22.